The van der Waals surface area contributed by atoms with Crippen LogP contribution in [0.15, 0.2) is 85.1 Å². The van der Waals surface area contributed by atoms with E-state index in [0.717, 1.165) is 22.2 Å². The topological polar surface area (TPSA) is 80.1 Å². The van der Waals surface area contributed by atoms with Crippen molar-refractivity contribution >= 4 is 22.5 Å². The predicted molar refractivity (Wildman–Crippen MR) is 112 cm³/mol. The van der Waals surface area contributed by atoms with Gasteiger partial charge >= 0.3 is 0 Å². The highest BCUT2D eigenvalue weighted by atomic mass is 16.5. The van der Waals surface area contributed by atoms with Gasteiger partial charge in [0.1, 0.15) is 11.5 Å². The maximum Gasteiger partial charge on any atom is 0.241 e. The highest BCUT2D eigenvalue weighted by Crippen LogP contribution is 2.23. The number of hydrogen-bond donors (Lipinski definition) is 3. The lowest BCUT2D eigenvalue weighted by Crippen LogP contribution is -2.37. The van der Waals surface area contributed by atoms with Crippen molar-refractivity contribution < 1.29 is 9.53 Å². The summed E-state index contributed by atoms with van der Waals surface area (Å²) in [6.07, 6.45) is 2.37. The molecule has 0 aliphatic carbocycles. The van der Waals surface area contributed by atoms with Crippen LogP contribution in [0, 0.1) is 0 Å². The first-order chi connectivity index (χ1) is 13.7. The Bertz CT molecular complexity index is 1070. The molecule has 4 N–H and O–H groups in total. The number of para-hydroxylation sites is 2. The molecule has 5 nitrogen and oxygen atoms in total. The van der Waals surface area contributed by atoms with Gasteiger partial charge in [0, 0.05) is 22.8 Å². The number of H-pyrrole nitrogens is 1. The van der Waals surface area contributed by atoms with E-state index in [1.54, 1.807) is 12.1 Å². The average molecular weight is 371 g/mol. The van der Waals surface area contributed by atoms with Crippen LogP contribution in [0.4, 0.5) is 5.69 Å². The van der Waals surface area contributed by atoms with Crippen molar-refractivity contribution in [1.82, 2.24) is 4.98 Å². The Labute approximate surface area is 163 Å². The number of ether oxygens (including phenoxy) is 1. The van der Waals surface area contributed by atoms with E-state index in [4.69, 9.17) is 10.5 Å². The van der Waals surface area contributed by atoms with E-state index in [1.807, 2.05) is 72.9 Å². The fourth-order valence-electron chi connectivity index (χ4n) is 3.10. The molecule has 0 saturated heterocycles. The van der Waals surface area contributed by atoms with E-state index in [-0.39, 0.29) is 5.91 Å². The normalized spacial score (nSPS) is 11.9. The second-order valence-corrected chi connectivity index (χ2v) is 6.60. The van der Waals surface area contributed by atoms with Gasteiger partial charge in [0.2, 0.25) is 5.91 Å². The summed E-state index contributed by atoms with van der Waals surface area (Å²) >= 11 is 0. The maximum atomic E-state index is 12.5. The molecule has 0 aliphatic rings. The molecule has 0 fully saturated rings. The minimum atomic E-state index is -0.639. The van der Waals surface area contributed by atoms with Gasteiger partial charge in [0.05, 0.1) is 6.04 Å². The third-order valence-electron chi connectivity index (χ3n) is 4.55. The van der Waals surface area contributed by atoms with Crippen molar-refractivity contribution in [3.8, 4) is 11.5 Å². The second kappa shape index (κ2) is 7.98. The Kier molecular flexibility index (Phi) is 5.08. The summed E-state index contributed by atoms with van der Waals surface area (Å²) in [6.45, 7) is 0. The Hall–Kier alpha value is -3.57. The summed E-state index contributed by atoms with van der Waals surface area (Å²) in [5.74, 6) is 1.24. The van der Waals surface area contributed by atoms with Crippen molar-refractivity contribution in [3.63, 3.8) is 0 Å². The number of aromatic amines is 1. The summed E-state index contributed by atoms with van der Waals surface area (Å²) in [5, 5.41) is 3.95. The van der Waals surface area contributed by atoms with E-state index >= 15 is 0 Å². The number of benzene rings is 3. The van der Waals surface area contributed by atoms with Crippen LogP contribution in [0.25, 0.3) is 10.9 Å². The molecule has 3 aromatic carbocycles. The molecule has 4 aromatic rings. The summed E-state index contributed by atoms with van der Waals surface area (Å²) < 4.78 is 5.76. The molecule has 0 aliphatic heterocycles. The monoisotopic (exact) mass is 371 g/mol. The maximum absolute atomic E-state index is 12.5. The molecule has 0 radical (unpaired) electrons. The van der Waals surface area contributed by atoms with Gasteiger partial charge in [-0.15, -0.1) is 0 Å². The fraction of sp³-hybridized carbons (Fsp3) is 0.0870. The molecular formula is C23H21N3O2. The Morgan fingerprint density at radius 3 is 2.39 bits per heavy atom. The van der Waals surface area contributed by atoms with Gasteiger partial charge in [-0.05, 0) is 54.4 Å². The predicted octanol–water partition coefficient (Wildman–Crippen LogP) is 4.47. The summed E-state index contributed by atoms with van der Waals surface area (Å²) in [7, 11) is 0. The molecule has 1 atom stereocenters. The molecule has 0 bridgehead atoms. The quantitative estimate of drug-likeness (QED) is 0.468. The minimum Gasteiger partial charge on any atom is -0.457 e. The SMILES string of the molecule is NC(Cc1c[nH]c2ccccc12)C(=O)Nc1ccc(Oc2ccccc2)cc1. The van der Waals surface area contributed by atoms with Crippen molar-refractivity contribution in [3.05, 3.63) is 90.6 Å². The Morgan fingerprint density at radius 1 is 0.929 bits per heavy atom. The van der Waals surface area contributed by atoms with Crippen LogP contribution >= 0.6 is 0 Å². The van der Waals surface area contributed by atoms with E-state index in [9.17, 15) is 4.79 Å². The number of carbonyl (C=O) groups is 1. The molecule has 140 valence electrons. The van der Waals surface area contributed by atoms with Crippen molar-refractivity contribution in [2.45, 2.75) is 12.5 Å². The largest absolute Gasteiger partial charge is 0.457 e. The zero-order chi connectivity index (χ0) is 19.3. The van der Waals surface area contributed by atoms with Gasteiger partial charge in [-0.3, -0.25) is 4.79 Å². The van der Waals surface area contributed by atoms with Crippen LogP contribution in [0.5, 0.6) is 11.5 Å². The number of nitrogens with one attached hydrogen (secondary N) is 2. The van der Waals surface area contributed by atoms with Gasteiger partial charge in [0.25, 0.3) is 0 Å². The van der Waals surface area contributed by atoms with E-state index in [2.05, 4.69) is 10.3 Å². The molecule has 1 aromatic heterocycles. The first-order valence-corrected chi connectivity index (χ1v) is 9.13. The van der Waals surface area contributed by atoms with Gasteiger partial charge in [-0.25, -0.2) is 0 Å². The molecule has 0 saturated carbocycles. The van der Waals surface area contributed by atoms with Crippen LogP contribution in [0.1, 0.15) is 5.56 Å². The van der Waals surface area contributed by atoms with E-state index < -0.39 is 6.04 Å². The second-order valence-electron chi connectivity index (χ2n) is 6.60. The van der Waals surface area contributed by atoms with Crippen LogP contribution < -0.4 is 15.8 Å². The summed E-state index contributed by atoms with van der Waals surface area (Å²) in [6, 6.07) is 24.1. The number of amides is 1. The summed E-state index contributed by atoms with van der Waals surface area (Å²) in [4.78, 5) is 15.7. The fourth-order valence-corrected chi connectivity index (χ4v) is 3.10. The molecule has 1 unspecified atom stereocenters. The van der Waals surface area contributed by atoms with E-state index in [0.29, 0.717) is 17.9 Å². The van der Waals surface area contributed by atoms with Crippen molar-refractivity contribution in [1.29, 1.82) is 0 Å². The first kappa shape index (κ1) is 17.8. The molecule has 5 heteroatoms. The Morgan fingerprint density at radius 2 is 1.61 bits per heavy atom. The molecular weight excluding hydrogens is 350 g/mol. The molecule has 4 rings (SSSR count). The number of fused-ring (bicyclic) bond motifs is 1. The lowest BCUT2D eigenvalue weighted by Gasteiger charge is -2.12. The smallest absolute Gasteiger partial charge is 0.241 e. The third-order valence-corrected chi connectivity index (χ3v) is 4.55. The number of carbonyl (C=O) groups excluding carboxylic acids is 1. The lowest BCUT2D eigenvalue weighted by atomic mass is 10.0. The molecule has 0 spiro atoms. The van der Waals surface area contributed by atoms with Crippen molar-refractivity contribution in [2.75, 3.05) is 5.32 Å². The van der Waals surface area contributed by atoms with E-state index in [1.165, 1.54) is 0 Å². The standard InChI is InChI=1S/C23H21N3O2/c24-21(14-16-15-25-22-9-5-4-8-20(16)22)23(27)26-17-10-12-19(13-11-17)28-18-6-2-1-3-7-18/h1-13,15,21,25H,14,24H2,(H,26,27). The number of aromatic nitrogens is 1. The minimum absolute atomic E-state index is 0.220. The van der Waals surface area contributed by atoms with Gasteiger partial charge in [0.15, 0.2) is 0 Å². The average Bonchev–Trinajstić information content (AvgIpc) is 3.13. The zero-order valence-electron chi connectivity index (χ0n) is 15.3. The highest BCUT2D eigenvalue weighted by Gasteiger charge is 2.16. The number of rotatable bonds is 6. The van der Waals surface area contributed by atoms with Gasteiger partial charge in [-0.1, -0.05) is 36.4 Å². The zero-order valence-corrected chi connectivity index (χ0v) is 15.3. The molecule has 1 heterocycles. The van der Waals surface area contributed by atoms with Crippen LogP contribution in [0.2, 0.25) is 0 Å². The number of anilines is 1. The van der Waals surface area contributed by atoms with Crippen molar-refractivity contribution in [2.24, 2.45) is 5.73 Å². The number of hydrogen-bond acceptors (Lipinski definition) is 3. The van der Waals surface area contributed by atoms with Crippen LogP contribution in [-0.2, 0) is 11.2 Å². The van der Waals surface area contributed by atoms with Gasteiger partial charge in [-0.2, -0.15) is 0 Å². The Balaban J connectivity index is 1.37. The molecule has 28 heavy (non-hydrogen) atoms. The third kappa shape index (κ3) is 4.05. The van der Waals surface area contributed by atoms with Crippen LogP contribution in [0.3, 0.4) is 0 Å². The first-order valence-electron chi connectivity index (χ1n) is 9.13. The van der Waals surface area contributed by atoms with Gasteiger partial charge < -0.3 is 20.8 Å². The summed E-state index contributed by atoms with van der Waals surface area (Å²) in [5.41, 5.74) is 8.88. The lowest BCUT2D eigenvalue weighted by molar-refractivity contribution is -0.117. The molecule has 1 amide bonds. The number of nitrogens with two attached hydrogens (primary N) is 1. The van der Waals surface area contributed by atoms with Crippen LogP contribution in [-0.4, -0.2) is 16.9 Å². The highest BCUT2D eigenvalue weighted by molar-refractivity contribution is 5.95.